The predicted molar refractivity (Wildman–Crippen MR) is 100 cm³/mol. The molecule has 8 heteroatoms. The van der Waals surface area contributed by atoms with Crippen molar-refractivity contribution in [2.45, 2.75) is 33.0 Å². The van der Waals surface area contributed by atoms with Gasteiger partial charge in [-0.25, -0.2) is 9.59 Å². The van der Waals surface area contributed by atoms with Crippen molar-refractivity contribution < 1.29 is 23.8 Å². The summed E-state index contributed by atoms with van der Waals surface area (Å²) in [5, 5.41) is 9.48. The van der Waals surface area contributed by atoms with Crippen LogP contribution in [0.25, 0.3) is 0 Å². The molecular weight excluding hydrogens is 368 g/mol. The summed E-state index contributed by atoms with van der Waals surface area (Å²) in [7, 11) is 0. The summed E-state index contributed by atoms with van der Waals surface area (Å²) < 4.78 is 15.9. The van der Waals surface area contributed by atoms with Crippen LogP contribution in [0.4, 0.5) is 5.00 Å². The van der Waals surface area contributed by atoms with Crippen molar-refractivity contribution >= 4 is 28.3 Å². The van der Waals surface area contributed by atoms with E-state index in [1.165, 1.54) is 0 Å². The number of nitrogens with two attached hydrogens (primary N) is 1. The zero-order valence-electron chi connectivity index (χ0n) is 15.1. The Morgan fingerprint density at radius 1 is 1.22 bits per heavy atom. The number of anilines is 1. The standard InChI is InChI=1S/C19H20N2O5S/c1-3-15(26-12-8-6-5-7-9-12)18(22)25-11-14-13(10-20)17(21)27-16(14)19(23)24-4-2/h5-9,15H,3-4,11,21H2,1-2H3/t15-/m0/s1. The predicted octanol–water partition coefficient (Wildman–Crippen LogP) is 3.28. The van der Waals surface area contributed by atoms with Gasteiger partial charge in [-0.1, -0.05) is 25.1 Å². The van der Waals surface area contributed by atoms with E-state index in [2.05, 4.69) is 0 Å². The van der Waals surface area contributed by atoms with Gasteiger partial charge in [0.1, 0.15) is 28.3 Å². The second kappa shape index (κ2) is 9.59. The van der Waals surface area contributed by atoms with Gasteiger partial charge in [0.25, 0.3) is 0 Å². The second-order valence-electron chi connectivity index (χ2n) is 5.42. The quantitative estimate of drug-likeness (QED) is 0.691. The van der Waals surface area contributed by atoms with Crippen molar-refractivity contribution in [3.63, 3.8) is 0 Å². The van der Waals surface area contributed by atoms with Gasteiger partial charge in [0.05, 0.1) is 12.2 Å². The van der Waals surface area contributed by atoms with E-state index < -0.39 is 18.0 Å². The Balaban J connectivity index is 2.13. The number of carbonyl (C=O) groups excluding carboxylic acids is 2. The molecule has 0 unspecified atom stereocenters. The van der Waals surface area contributed by atoms with Crippen molar-refractivity contribution in [3.05, 3.63) is 46.3 Å². The minimum absolute atomic E-state index is 0.118. The lowest BCUT2D eigenvalue weighted by molar-refractivity contribution is -0.153. The Morgan fingerprint density at radius 2 is 1.93 bits per heavy atom. The van der Waals surface area contributed by atoms with Crippen LogP contribution in [0.2, 0.25) is 0 Å². The molecule has 1 aromatic heterocycles. The maximum atomic E-state index is 12.4. The lowest BCUT2D eigenvalue weighted by Gasteiger charge is -2.16. The van der Waals surface area contributed by atoms with Crippen LogP contribution in [-0.2, 0) is 20.9 Å². The summed E-state index contributed by atoms with van der Waals surface area (Å²) in [5.74, 6) is -0.648. The molecule has 0 bridgehead atoms. The molecule has 1 aromatic carbocycles. The molecular formula is C19H20N2O5S. The van der Waals surface area contributed by atoms with Gasteiger partial charge in [-0.3, -0.25) is 0 Å². The minimum atomic E-state index is -0.806. The highest BCUT2D eigenvalue weighted by Crippen LogP contribution is 2.32. The number of para-hydroxylation sites is 1. The molecule has 1 heterocycles. The number of nitrogen functional groups attached to an aromatic ring is 1. The molecule has 2 rings (SSSR count). The Kier molecular flexibility index (Phi) is 7.20. The summed E-state index contributed by atoms with van der Waals surface area (Å²) in [6.45, 7) is 3.38. The number of carbonyl (C=O) groups is 2. The third kappa shape index (κ3) is 4.99. The van der Waals surface area contributed by atoms with Crippen LogP contribution in [0.5, 0.6) is 5.75 Å². The fourth-order valence-corrected chi connectivity index (χ4v) is 3.22. The van der Waals surface area contributed by atoms with Gasteiger partial charge < -0.3 is 19.9 Å². The van der Waals surface area contributed by atoms with E-state index in [4.69, 9.17) is 19.9 Å². The fraction of sp³-hybridized carbons (Fsp3) is 0.316. The number of benzene rings is 1. The molecule has 0 saturated carbocycles. The summed E-state index contributed by atoms with van der Waals surface area (Å²) >= 11 is 0.940. The van der Waals surface area contributed by atoms with E-state index in [1.54, 1.807) is 38.1 Å². The molecule has 142 valence electrons. The largest absolute Gasteiger partial charge is 0.479 e. The summed E-state index contributed by atoms with van der Waals surface area (Å²) in [6, 6.07) is 10.9. The molecule has 0 aliphatic rings. The maximum Gasteiger partial charge on any atom is 0.348 e. The van der Waals surface area contributed by atoms with Gasteiger partial charge in [-0.15, -0.1) is 11.3 Å². The zero-order valence-corrected chi connectivity index (χ0v) is 15.9. The number of nitrogens with zero attached hydrogens (tertiary/aromatic N) is 1. The molecule has 0 fully saturated rings. The molecule has 0 aliphatic carbocycles. The second-order valence-corrected chi connectivity index (χ2v) is 6.47. The van der Waals surface area contributed by atoms with Crippen LogP contribution in [0.3, 0.4) is 0 Å². The first-order chi connectivity index (χ1) is 13.0. The molecule has 0 aliphatic heterocycles. The number of hydrogen-bond donors (Lipinski definition) is 1. The lowest BCUT2D eigenvalue weighted by Crippen LogP contribution is -2.28. The lowest BCUT2D eigenvalue weighted by atomic mass is 10.1. The van der Waals surface area contributed by atoms with Crippen LogP contribution in [0.1, 0.15) is 41.1 Å². The van der Waals surface area contributed by atoms with E-state index in [0.29, 0.717) is 12.2 Å². The third-order valence-corrected chi connectivity index (χ3v) is 4.66. The summed E-state index contributed by atoms with van der Waals surface area (Å²) in [4.78, 5) is 24.6. The first kappa shape index (κ1) is 20.3. The van der Waals surface area contributed by atoms with Gasteiger partial charge in [0.2, 0.25) is 0 Å². The van der Waals surface area contributed by atoms with Gasteiger partial charge in [-0.2, -0.15) is 5.26 Å². The van der Waals surface area contributed by atoms with Crippen molar-refractivity contribution in [1.29, 1.82) is 5.26 Å². The van der Waals surface area contributed by atoms with Crippen molar-refractivity contribution in [2.24, 2.45) is 0 Å². The molecule has 0 saturated heterocycles. The molecule has 2 N–H and O–H groups in total. The molecule has 1 atom stereocenters. The number of thiophene rings is 1. The Labute approximate surface area is 161 Å². The van der Waals surface area contributed by atoms with Crippen LogP contribution >= 0.6 is 11.3 Å². The van der Waals surface area contributed by atoms with E-state index >= 15 is 0 Å². The SMILES string of the molecule is CCOC(=O)c1sc(N)c(C#N)c1COC(=O)[C@H](CC)Oc1ccccc1. The number of nitriles is 1. The van der Waals surface area contributed by atoms with Crippen LogP contribution < -0.4 is 10.5 Å². The number of hydrogen-bond acceptors (Lipinski definition) is 8. The highest BCUT2D eigenvalue weighted by atomic mass is 32.1. The molecule has 7 nitrogen and oxygen atoms in total. The average Bonchev–Trinajstić information content (AvgIpc) is 3.00. The smallest absolute Gasteiger partial charge is 0.348 e. The number of rotatable bonds is 8. The first-order valence-electron chi connectivity index (χ1n) is 8.38. The van der Waals surface area contributed by atoms with E-state index in [1.807, 2.05) is 12.1 Å². The molecule has 0 amide bonds. The highest BCUT2D eigenvalue weighted by Gasteiger charge is 2.26. The van der Waals surface area contributed by atoms with E-state index in [-0.39, 0.29) is 34.2 Å². The van der Waals surface area contributed by atoms with Crippen LogP contribution in [0, 0.1) is 11.3 Å². The molecule has 0 radical (unpaired) electrons. The number of ether oxygens (including phenoxy) is 3. The van der Waals surface area contributed by atoms with Crippen molar-refractivity contribution in [1.82, 2.24) is 0 Å². The Bertz CT molecular complexity index is 842. The summed E-state index contributed by atoms with van der Waals surface area (Å²) in [6.07, 6.45) is -0.407. The Morgan fingerprint density at radius 3 is 2.52 bits per heavy atom. The van der Waals surface area contributed by atoms with Crippen LogP contribution in [0.15, 0.2) is 30.3 Å². The van der Waals surface area contributed by atoms with Gasteiger partial charge in [0.15, 0.2) is 6.10 Å². The molecule has 27 heavy (non-hydrogen) atoms. The van der Waals surface area contributed by atoms with Gasteiger partial charge in [0, 0.05) is 5.56 Å². The van der Waals surface area contributed by atoms with E-state index in [0.717, 1.165) is 11.3 Å². The zero-order chi connectivity index (χ0) is 19.8. The highest BCUT2D eigenvalue weighted by molar-refractivity contribution is 7.18. The van der Waals surface area contributed by atoms with Gasteiger partial charge in [-0.05, 0) is 25.5 Å². The van der Waals surface area contributed by atoms with Crippen LogP contribution in [-0.4, -0.2) is 24.6 Å². The normalized spacial score (nSPS) is 11.3. The van der Waals surface area contributed by atoms with Gasteiger partial charge >= 0.3 is 11.9 Å². The van der Waals surface area contributed by atoms with E-state index in [9.17, 15) is 14.9 Å². The van der Waals surface area contributed by atoms with Crippen molar-refractivity contribution in [2.75, 3.05) is 12.3 Å². The summed E-state index contributed by atoms with van der Waals surface area (Å²) in [5.41, 5.74) is 6.17. The number of esters is 2. The maximum absolute atomic E-state index is 12.4. The Hall–Kier alpha value is -3.05. The average molecular weight is 388 g/mol. The third-order valence-electron chi connectivity index (χ3n) is 3.62. The molecule has 0 spiro atoms. The topological polar surface area (TPSA) is 112 Å². The van der Waals surface area contributed by atoms with Crippen molar-refractivity contribution in [3.8, 4) is 11.8 Å². The first-order valence-corrected chi connectivity index (χ1v) is 9.20. The monoisotopic (exact) mass is 388 g/mol. The molecule has 2 aromatic rings. The minimum Gasteiger partial charge on any atom is -0.479 e. The fourth-order valence-electron chi connectivity index (χ4n) is 2.30.